The Hall–Kier alpha value is -1.80. The van der Waals surface area contributed by atoms with Crippen LogP contribution in [0, 0.1) is 0 Å². The molecule has 1 aromatic heterocycles. The molecular weight excluding hydrogens is 306 g/mol. The average Bonchev–Trinajstić information content (AvgIpc) is 2.94. The highest BCUT2D eigenvalue weighted by molar-refractivity contribution is 5.82. The van der Waals surface area contributed by atoms with Crippen LogP contribution >= 0.6 is 0 Å². The van der Waals surface area contributed by atoms with Gasteiger partial charge in [0.05, 0.1) is 25.8 Å². The number of carbonyl (C=O) groups excluding carboxylic acids is 1. The Morgan fingerprint density at radius 2 is 2.22 bits per heavy atom. The summed E-state index contributed by atoms with van der Waals surface area (Å²) in [6, 6.07) is 2.95. The largest absolute Gasteiger partial charge is 0.378 e. The Morgan fingerprint density at radius 1 is 1.43 bits per heavy atom. The highest BCUT2D eigenvalue weighted by Crippen LogP contribution is 2.25. The standard InChI is InChI=1S/C15H20F2N4O2/c16-15(17)7-12(20-10-15)14(22)19-9-11-1-2-13(18-8-11)21-3-5-23-6-4-21/h1-2,8,12,20H,3-7,9-10H2,(H,19,22). The normalized spacial score (nSPS) is 23.7. The molecule has 3 heterocycles. The molecule has 6 nitrogen and oxygen atoms in total. The molecule has 2 aliphatic heterocycles. The van der Waals surface area contributed by atoms with Gasteiger partial charge >= 0.3 is 0 Å². The summed E-state index contributed by atoms with van der Waals surface area (Å²) < 4.78 is 31.4. The van der Waals surface area contributed by atoms with Gasteiger partial charge in [0.25, 0.3) is 5.92 Å². The van der Waals surface area contributed by atoms with Gasteiger partial charge in [0.15, 0.2) is 0 Å². The smallest absolute Gasteiger partial charge is 0.262 e. The van der Waals surface area contributed by atoms with Crippen molar-refractivity contribution >= 4 is 11.7 Å². The van der Waals surface area contributed by atoms with E-state index >= 15 is 0 Å². The van der Waals surface area contributed by atoms with Crippen LogP contribution in [0.15, 0.2) is 18.3 Å². The van der Waals surface area contributed by atoms with Crippen molar-refractivity contribution in [3.05, 3.63) is 23.9 Å². The zero-order valence-electron chi connectivity index (χ0n) is 12.7. The van der Waals surface area contributed by atoms with Crippen LogP contribution in [-0.4, -0.2) is 55.7 Å². The summed E-state index contributed by atoms with van der Waals surface area (Å²) in [4.78, 5) is 18.4. The van der Waals surface area contributed by atoms with Gasteiger partial charge in [0.2, 0.25) is 5.91 Å². The number of alkyl halides is 2. The number of amides is 1. The molecule has 0 aromatic carbocycles. The highest BCUT2D eigenvalue weighted by atomic mass is 19.3. The number of hydrogen-bond acceptors (Lipinski definition) is 5. The number of carbonyl (C=O) groups is 1. The number of hydrogen-bond donors (Lipinski definition) is 2. The van der Waals surface area contributed by atoms with Gasteiger partial charge in [-0.25, -0.2) is 13.8 Å². The summed E-state index contributed by atoms with van der Waals surface area (Å²) in [5, 5.41) is 5.21. The van der Waals surface area contributed by atoms with Crippen LogP contribution in [0.5, 0.6) is 0 Å². The number of rotatable bonds is 4. The Kier molecular flexibility index (Phi) is 4.72. The van der Waals surface area contributed by atoms with Crippen LogP contribution in [0.3, 0.4) is 0 Å². The second kappa shape index (κ2) is 6.76. The maximum atomic E-state index is 13.1. The third-order valence-corrected chi connectivity index (χ3v) is 4.04. The van der Waals surface area contributed by atoms with Crippen LogP contribution in [0.2, 0.25) is 0 Å². The number of morpholine rings is 1. The molecule has 126 valence electrons. The summed E-state index contributed by atoms with van der Waals surface area (Å²) >= 11 is 0. The fourth-order valence-corrected chi connectivity index (χ4v) is 2.71. The van der Waals surface area contributed by atoms with Gasteiger partial charge in [-0.1, -0.05) is 6.07 Å². The Labute approximate surface area is 133 Å². The molecule has 0 saturated carbocycles. The van der Waals surface area contributed by atoms with Gasteiger partial charge in [0, 0.05) is 32.3 Å². The first kappa shape index (κ1) is 16.1. The number of pyridine rings is 1. The fourth-order valence-electron chi connectivity index (χ4n) is 2.71. The van der Waals surface area contributed by atoms with E-state index in [-0.39, 0.29) is 6.54 Å². The molecule has 1 amide bonds. The molecule has 2 fully saturated rings. The molecular formula is C15H20F2N4O2. The molecule has 23 heavy (non-hydrogen) atoms. The first-order valence-corrected chi connectivity index (χ1v) is 7.70. The summed E-state index contributed by atoms with van der Waals surface area (Å²) in [6.45, 7) is 2.84. The summed E-state index contributed by atoms with van der Waals surface area (Å²) in [6.07, 6.45) is 1.24. The molecule has 1 aromatic rings. The average molecular weight is 326 g/mol. The van der Waals surface area contributed by atoms with E-state index in [1.807, 2.05) is 12.1 Å². The van der Waals surface area contributed by atoms with Crippen molar-refractivity contribution in [1.29, 1.82) is 0 Å². The second-order valence-corrected chi connectivity index (χ2v) is 5.84. The predicted octanol–water partition coefficient (Wildman–Crippen LogP) is 0.532. The number of aromatic nitrogens is 1. The highest BCUT2D eigenvalue weighted by Gasteiger charge is 2.42. The van der Waals surface area contributed by atoms with E-state index in [1.165, 1.54) is 0 Å². The number of ether oxygens (including phenoxy) is 1. The van der Waals surface area contributed by atoms with Gasteiger partial charge in [-0.2, -0.15) is 0 Å². The molecule has 2 N–H and O–H groups in total. The van der Waals surface area contributed by atoms with Gasteiger partial charge in [-0.05, 0) is 11.6 Å². The molecule has 0 spiro atoms. The van der Waals surface area contributed by atoms with E-state index < -0.39 is 30.8 Å². The summed E-state index contributed by atoms with van der Waals surface area (Å²) in [7, 11) is 0. The third kappa shape index (κ3) is 4.14. The second-order valence-electron chi connectivity index (χ2n) is 5.84. The lowest BCUT2D eigenvalue weighted by atomic mass is 10.2. The van der Waals surface area contributed by atoms with Gasteiger partial charge in [-0.15, -0.1) is 0 Å². The van der Waals surface area contributed by atoms with Crippen molar-refractivity contribution in [1.82, 2.24) is 15.6 Å². The van der Waals surface area contributed by atoms with Crippen LogP contribution in [-0.2, 0) is 16.1 Å². The van der Waals surface area contributed by atoms with Crippen LogP contribution in [0.4, 0.5) is 14.6 Å². The van der Waals surface area contributed by atoms with Crippen molar-refractivity contribution < 1.29 is 18.3 Å². The number of anilines is 1. The van der Waals surface area contributed by atoms with Crippen molar-refractivity contribution in [2.24, 2.45) is 0 Å². The first-order valence-electron chi connectivity index (χ1n) is 7.70. The van der Waals surface area contributed by atoms with E-state index in [9.17, 15) is 13.6 Å². The minimum atomic E-state index is -2.80. The maximum absolute atomic E-state index is 13.1. The van der Waals surface area contributed by atoms with Crippen molar-refractivity contribution in [2.45, 2.75) is 24.9 Å². The third-order valence-electron chi connectivity index (χ3n) is 4.04. The molecule has 8 heteroatoms. The van der Waals surface area contributed by atoms with E-state index in [0.717, 1.165) is 24.5 Å². The van der Waals surface area contributed by atoms with Crippen LogP contribution in [0.25, 0.3) is 0 Å². The van der Waals surface area contributed by atoms with Crippen LogP contribution in [0.1, 0.15) is 12.0 Å². The quantitative estimate of drug-likeness (QED) is 0.845. The molecule has 1 unspecified atom stereocenters. The Balaban J connectivity index is 1.49. The lowest BCUT2D eigenvalue weighted by Crippen LogP contribution is -2.40. The Morgan fingerprint density at radius 3 is 2.83 bits per heavy atom. The van der Waals surface area contributed by atoms with Gasteiger partial charge in [0.1, 0.15) is 5.82 Å². The molecule has 2 aliphatic rings. The zero-order valence-corrected chi connectivity index (χ0v) is 12.7. The summed E-state index contributed by atoms with van der Waals surface area (Å²) in [5.41, 5.74) is 0.833. The SMILES string of the molecule is O=C(NCc1ccc(N2CCOCC2)nc1)C1CC(F)(F)CN1. The molecule has 1 atom stereocenters. The number of nitrogens with zero attached hydrogens (tertiary/aromatic N) is 2. The lowest BCUT2D eigenvalue weighted by Gasteiger charge is -2.27. The topological polar surface area (TPSA) is 66.5 Å². The van der Waals surface area contributed by atoms with E-state index in [0.29, 0.717) is 13.2 Å². The molecule has 0 aliphatic carbocycles. The fraction of sp³-hybridized carbons (Fsp3) is 0.600. The van der Waals surface area contributed by atoms with E-state index in [2.05, 4.69) is 20.5 Å². The maximum Gasteiger partial charge on any atom is 0.262 e. The van der Waals surface area contributed by atoms with Gasteiger partial charge in [-0.3, -0.25) is 10.1 Å². The van der Waals surface area contributed by atoms with E-state index in [4.69, 9.17) is 4.74 Å². The lowest BCUT2D eigenvalue weighted by molar-refractivity contribution is -0.123. The van der Waals surface area contributed by atoms with E-state index in [1.54, 1.807) is 6.20 Å². The number of nitrogens with one attached hydrogen (secondary N) is 2. The molecule has 2 saturated heterocycles. The molecule has 0 radical (unpaired) electrons. The zero-order chi connectivity index (χ0) is 16.3. The minimum Gasteiger partial charge on any atom is -0.378 e. The Bertz CT molecular complexity index is 547. The molecule has 0 bridgehead atoms. The molecule has 3 rings (SSSR count). The van der Waals surface area contributed by atoms with Crippen LogP contribution < -0.4 is 15.5 Å². The monoisotopic (exact) mass is 326 g/mol. The van der Waals surface area contributed by atoms with Gasteiger partial charge < -0.3 is 15.0 Å². The first-order chi connectivity index (χ1) is 11.0. The van der Waals surface area contributed by atoms with Crippen molar-refractivity contribution in [2.75, 3.05) is 37.7 Å². The van der Waals surface area contributed by atoms with Crippen molar-refractivity contribution in [3.8, 4) is 0 Å². The van der Waals surface area contributed by atoms with Crippen molar-refractivity contribution in [3.63, 3.8) is 0 Å². The summed E-state index contributed by atoms with van der Waals surface area (Å²) in [5.74, 6) is -2.33. The predicted molar refractivity (Wildman–Crippen MR) is 80.5 cm³/mol. The minimum absolute atomic E-state index is 0.277. The number of halogens is 2.